The third-order valence-electron chi connectivity index (χ3n) is 2.23. The minimum absolute atomic E-state index is 0.209. The summed E-state index contributed by atoms with van der Waals surface area (Å²) in [5, 5.41) is 27.3. The number of hydrogen-bond acceptors (Lipinski definition) is 4. The highest BCUT2D eigenvalue weighted by molar-refractivity contribution is 5.91. The van der Waals surface area contributed by atoms with Crippen LogP contribution in [-0.2, 0) is 0 Å². The number of rotatable bonds is 3. The Morgan fingerprint density at radius 1 is 1.53 bits per heavy atom. The molecule has 1 atom stereocenters. The largest absolute Gasteiger partial charge is 0.507 e. The van der Waals surface area contributed by atoms with Crippen LogP contribution in [0.15, 0.2) is 12.1 Å². The number of aliphatic hydroxyl groups excluding tert-OH is 1. The van der Waals surface area contributed by atoms with Crippen molar-refractivity contribution in [1.29, 1.82) is 0 Å². The summed E-state index contributed by atoms with van der Waals surface area (Å²) in [6.45, 7) is 1.34. The van der Waals surface area contributed by atoms with Gasteiger partial charge >= 0.3 is 5.97 Å². The molecule has 0 fully saturated rings. The van der Waals surface area contributed by atoms with Crippen molar-refractivity contribution in [2.45, 2.75) is 13.0 Å². The second kappa shape index (κ2) is 4.29. The fourth-order valence-corrected chi connectivity index (χ4v) is 1.44. The monoisotopic (exact) mass is 211 g/mol. The van der Waals surface area contributed by atoms with E-state index in [4.69, 9.17) is 15.9 Å². The Bertz CT molecular complexity index is 389. The number of aromatic carboxylic acids is 1. The van der Waals surface area contributed by atoms with Crippen molar-refractivity contribution in [2.24, 2.45) is 5.73 Å². The van der Waals surface area contributed by atoms with Crippen molar-refractivity contribution < 1.29 is 20.1 Å². The Labute approximate surface area is 86.8 Å². The molecule has 0 aliphatic heterocycles. The quantitative estimate of drug-likeness (QED) is 0.579. The van der Waals surface area contributed by atoms with E-state index >= 15 is 0 Å². The fraction of sp³-hybridized carbons (Fsp3) is 0.300. The van der Waals surface area contributed by atoms with Gasteiger partial charge in [0.15, 0.2) is 0 Å². The van der Waals surface area contributed by atoms with E-state index in [-0.39, 0.29) is 23.5 Å². The van der Waals surface area contributed by atoms with Gasteiger partial charge < -0.3 is 21.1 Å². The maximum atomic E-state index is 10.7. The van der Waals surface area contributed by atoms with E-state index in [2.05, 4.69) is 0 Å². The number of carboxylic acid groups (broad SMARTS) is 1. The Morgan fingerprint density at radius 2 is 2.13 bits per heavy atom. The van der Waals surface area contributed by atoms with Crippen molar-refractivity contribution in [3.63, 3.8) is 0 Å². The second-order valence-corrected chi connectivity index (χ2v) is 3.29. The molecule has 0 heterocycles. The summed E-state index contributed by atoms with van der Waals surface area (Å²) in [5.74, 6) is -1.59. The van der Waals surface area contributed by atoms with Gasteiger partial charge in [-0.3, -0.25) is 0 Å². The highest BCUT2D eigenvalue weighted by Gasteiger charge is 2.19. The molecule has 0 amide bonds. The summed E-state index contributed by atoms with van der Waals surface area (Å²) in [6, 6.07) is 2.08. The molecule has 82 valence electrons. The van der Waals surface area contributed by atoms with Gasteiger partial charge in [0.25, 0.3) is 0 Å². The molecule has 0 bridgehead atoms. The molecule has 0 aliphatic carbocycles. The average molecular weight is 211 g/mol. The Hall–Kier alpha value is -1.59. The number of aliphatic hydroxyl groups is 1. The molecule has 0 aromatic heterocycles. The van der Waals surface area contributed by atoms with Crippen LogP contribution in [0.3, 0.4) is 0 Å². The minimum atomic E-state index is -1.22. The van der Waals surface area contributed by atoms with Crippen LogP contribution < -0.4 is 5.73 Å². The molecule has 1 rings (SSSR count). The molecule has 0 radical (unpaired) electrons. The maximum absolute atomic E-state index is 10.7. The van der Waals surface area contributed by atoms with E-state index in [9.17, 15) is 9.90 Å². The van der Waals surface area contributed by atoms with Gasteiger partial charge in [-0.15, -0.1) is 0 Å². The number of aromatic hydroxyl groups is 1. The summed E-state index contributed by atoms with van der Waals surface area (Å²) in [6.07, 6.45) is 0. The molecule has 1 aromatic carbocycles. The predicted octanol–water partition coefficient (Wildman–Crippen LogP) is 0.391. The number of carbonyl (C=O) groups is 1. The summed E-state index contributed by atoms with van der Waals surface area (Å²) in [7, 11) is 0. The van der Waals surface area contributed by atoms with Crippen molar-refractivity contribution in [3.05, 3.63) is 28.8 Å². The molecule has 0 spiro atoms. The van der Waals surface area contributed by atoms with E-state index in [0.717, 1.165) is 0 Å². The van der Waals surface area contributed by atoms with Gasteiger partial charge in [-0.1, -0.05) is 6.07 Å². The van der Waals surface area contributed by atoms with Gasteiger partial charge in [0.1, 0.15) is 11.3 Å². The lowest BCUT2D eigenvalue weighted by atomic mass is 9.98. The molecular formula is C10H13NO4. The lowest BCUT2D eigenvalue weighted by Gasteiger charge is -2.15. The van der Waals surface area contributed by atoms with Crippen LogP contribution in [0.2, 0.25) is 0 Å². The summed E-state index contributed by atoms with van der Waals surface area (Å²) in [5.41, 5.74) is 6.28. The van der Waals surface area contributed by atoms with Crippen LogP contribution in [0.5, 0.6) is 5.75 Å². The highest BCUT2D eigenvalue weighted by Crippen LogP contribution is 2.29. The first-order valence-corrected chi connectivity index (χ1v) is 4.41. The standard InChI is InChI=1S/C10H13NO4/c1-5-2-3-6(10(14)15)9(13)8(5)7(11)4-12/h2-3,7,12-13H,4,11H2,1H3,(H,14,15)/t7-/m0/s1. The van der Waals surface area contributed by atoms with E-state index < -0.39 is 12.0 Å². The topological polar surface area (TPSA) is 104 Å². The number of aryl methyl sites for hydroxylation is 1. The number of phenols is 1. The lowest BCUT2D eigenvalue weighted by Crippen LogP contribution is -2.17. The molecule has 5 N–H and O–H groups in total. The number of benzene rings is 1. The zero-order valence-electron chi connectivity index (χ0n) is 8.27. The molecule has 0 aliphatic rings. The molecule has 5 nitrogen and oxygen atoms in total. The first-order valence-electron chi connectivity index (χ1n) is 4.41. The number of carboxylic acids is 1. The van der Waals surface area contributed by atoms with Crippen LogP contribution in [-0.4, -0.2) is 27.9 Å². The summed E-state index contributed by atoms with van der Waals surface area (Å²) in [4.78, 5) is 10.7. The first-order chi connectivity index (χ1) is 6.99. The molecule has 15 heavy (non-hydrogen) atoms. The van der Waals surface area contributed by atoms with Gasteiger partial charge in [0.2, 0.25) is 0 Å². The van der Waals surface area contributed by atoms with E-state index in [0.29, 0.717) is 5.56 Å². The smallest absolute Gasteiger partial charge is 0.339 e. The van der Waals surface area contributed by atoms with Gasteiger partial charge in [0.05, 0.1) is 12.6 Å². The van der Waals surface area contributed by atoms with Gasteiger partial charge in [-0.05, 0) is 18.6 Å². The van der Waals surface area contributed by atoms with Crippen LogP contribution in [0.1, 0.15) is 27.5 Å². The maximum Gasteiger partial charge on any atom is 0.339 e. The first kappa shape index (κ1) is 11.5. The highest BCUT2D eigenvalue weighted by atomic mass is 16.4. The van der Waals surface area contributed by atoms with Gasteiger partial charge in [-0.25, -0.2) is 4.79 Å². The van der Waals surface area contributed by atoms with Crippen LogP contribution >= 0.6 is 0 Å². The molecule has 5 heteroatoms. The Balaban J connectivity index is 3.36. The minimum Gasteiger partial charge on any atom is -0.507 e. The van der Waals surface area contributed by atoms with Crippen molar-refractivity contribution in [1.82, 2.24) is 0 Å². The summed E-state index contributed by atoms with van der Waals surface area (Å²) >= 11 is 0. The van der Waals surface area contributed by atoms with E-state index in [1.165, 1.54) is 6.07 Å². The molecule has 0 saturated heterocycles. The zero-order chi connectivity index (χ0) is 11.6. The number of hydrogen-bond donors (Lipinski definition) is 4. The second-order valence-electron chi connectivity index (χ2n) is 3.29. The zero-order valence-corrected chi connectivity index (χ0v) is 8.27. The molecule has 0 saturated carbocycles. The lowest BCUT2D eigenvalue weighted by molar-refractivity contribution is 0.0693. The Kier molecular flexibility index (Phi) is 3.28. The molecule has 0 unspecified atom stereocenters. The van der Waals surface area contributed by atoms with E-state index in [1.54, 1.807) is 13.0 Å². The van der Waals surface area contributed by atoms with Crippen molar-refractivity contribution >= 4 is 5.97 Å². The third kappa shape index (κ3) is 2.08. The average Bonchev–Trinajstić information content (AvgIpc) is 2.16. The molecule has 1 aromatic rings. The van der Waals surface area contributed by atoms with Crippen LogP contribution in [0, 0.1) is 6.92 Å². The number of nitrogens with two attached hydrogens (primary N) is 1. The summed E-state index contributed by atoms with van der Waals surface area (Å²) < 4.78 is 0. The van der Waals surface area contributed by atoms with Gasteiger partial charge in [-0.2, -0.15) is 0 Å². The van der Waals surface area contributed by atoms with Gasteiger partial charge in [0, 0.05) is 5.56 Å². The van der Waals surface area contributed by atoms with Crippen LogP contribution in [0.25, 0.3) is 0 Å². The van der Waals surface area contributed by atoms with Crippen molar-refractivity contribution in [3.8, 4) is 5.75 Å². The predicted molar refractivity (Wildman–Crippen MR) is 53.8 cm³/mol. The normalized spacial score (nSPS) is 12.5. The SMILES string of the molecule is Cc1ccc(C(=O)O)c(O)c1[C@@H](N)CO. The van der Waals surface area contributed by atoms with Crippen LogP contribution in [0.4, 0.5) is 0 Å². The van der Waals surface area contributed by atoms with Crippen molar-refractivity contribution in [2.75, 3.05) is 6.61 Å². The Morgan fingerprint density at radius 3 is 2.60 bits per heavy atom. The third-order valence-corrected chi connectivity index (χ3v) is 2.23. The fourth-order valence-electron chi connectivity index (χ4n) is 1.44. The van der Waals surface area contributed by atoms with E-state index in [1.807, 2.05) is 0 Å². The molecular weight excluding hydrogens is 198 g/mol.